The highest BCUT2D eigenvalue weighted by molar-refractivity contribution is 7.99. The van der Waals surface area contributed by atoms with Crippen molar-refractivity contribution in [1.82, 2.24) is 14.8 Å². The number of ketones is 1. The van der Waals surface area contributed by atoms with E-state index in [1.54, 1.807) is 24.3 Å². The maximum absolute atomic E-state index is 12.3. The van der Waals surface area contributed by atoms with Crippen molar-refractivity contribution in [3.05, 3.63) is 64.9 Å². The van der Waals surface area contributed by atoms with E-state index in [-0.39, 0.29) is 17.6 Å². The molecule has 6 nitrogen and oxygen atoms in total. The molecule has 8 heteroatoms. The van der Waals surface area contributed by atoms with Crippen molar-refractivity contribution in [3.8, 4) is 11.5 Å². The Hall–Kier alpha value is -2.51. The van der Waals surface area contributed by atoms with E-state index in [9.17, 15) is 4.79 Å². The van der Waals surface area contributed by atoms with Crippen molar-refractivity contribution in [2.45, 2.75) is 11.3 Å². The average molecular weight is 402 g/mol. The zero-order chi connectivity index (χ0) is 18.8. The molecule has 1 atom stereocenters. The van der Waals surface area contributed by atoms with Crippen LogP contribution in [-0.2, 0) is 7.05 Å². The number of fused-ring (bicyclic) bond motifs is 1. The predicted molar refractivity (Wildman–Crippen MR) is 103 cm³/mol. The number of aromatic nitrogens is 3. The molecule has 0 saturated heterocycles. The summed E-state index contributed by atoms with van der Waals surface area (Å²) >= 11 is 7.19. The standard InChI is InChI=1S/C19H16ClN3O3S/c1-23-18(17-10-25-15-4-2-3-5-16(15)26-17)21-22-19(23)27-11-14(24)12-6-8-13(20)9-7-12/h2-9,17H,10-11H2,1H3/t17-/m1/s1. The van der Waals surface area contributed by atoms with Gasteiger partial charge in [-0.15, -0.1) is 10.2 Å². The third-order valence-electron chi connectivity index (χ3n) is 4.16. The molecular weight excluding hydrogens is 386 g/mol. The number of carbonyl (C=O) groups is 1. The van der Waals surface area contributed by atoms with Gasteiger partial charge in [-0.3, -0.25) is 4.79 Å². The smallest absolute Gasteiger partial charge is 0.192 e. The van der Waals surface area contributed by atoms with Crippen molar-refractivity contribution in [3.63, 3.8) is 0 Å². The van der Waals surface area contributed by atoms with Crippen LogP contribution in [0, 0.1) is 0 Å². The molecule has 2 heterocycles. The van der Waals surface area contributed by atoms with Crippen LogP contribution < -0.4 is 9.47 Å². The monoisotopic (exact) mass is 401 g/mol. The molecule has 2 aromatic carbocycles. The molecule has 0 saturated carbocycles. The van der Waals surface area contributed by atoms with Gasteiger partial charge in [0.1, 0.15) is 6.61 Å². The van der Waals surface area contributed by atoms with Gasteiger partial charge in [-0.25, -0.2) is 0 Å². The minimum atomic E-state index is -0.348. The zero-order valence-corrected chi connectivity index (χ0v) is 16.0. The lowest BCUT2D eigenvalue weighted by atomic mass is 10.1. The van der Waals surface area contributed by atoms with Crippen molar-refractivity contribution < 1.29 is 14.3 Å². The van der Waals surface area contributed by atoms with Crippen LogP contribution >= 0.6 is 23.4 Å². The number of halogens is 1. The Labute approximate surface area is 165 Å². The number of para-hydroxylation sites is 2. The lowest BCUT2D eigenvalue weighted by Gasteiger charge is -2.25. The Morgan fingerprint density at radius 1 is 1.19 bits per heavy atom. The number of ether oxygens (including phenoxy) is 2. The lowest BCUT2D eigenvalue weighted by molar-refractivity contribution is 0.0825. The van der Waals surface area contributed by atoms with Crippen LogP contribution in [0.5, 0.6) is 11.5 Å². The number of hydrogen-bond donors (Lipinski definition) is 0. The van der Waals surface area contributed by atoms with Crippen molar-refractivity contribution in [2.75, 3.05) is 12.4 Å². The Bertz CT molecular complexity index is 975. The summed E-state index contributed by atoms with van der Waals surface area (Å²) in [4.78, 5) is 12.3. The second kappa shape index (κ2) is 7.62. The molecule has 0 aliphatic carbocycles. The topological polar surface area (TPSA) is 66.2 Å². The number of rotatable bonds is 5. The van der Waals surface area contributed by atoms with E-state index in [1.165, 1.54) is 11.8 Å². The van der Waals surface area contributed by atoms with Crippen molar-refractivity contribution in [2.24, 2.45) is 7.05 Å². The van der Waals surface area contributed by atoms with Crippen LogP contribution in [0.25, 0.3) is 0 Å². The molecular formula is C19H16ClN3O3S. The molecule has 27 heavy (non-hydrogen) atoms. The van der Waals surface area contributed by atoms with Gasteiger partial charge in [-0.1, -0.05) is 35.5 Å². The molecule has 3 aromatic rings. The molecule has 138 valence electrons. The summed E-state index contributed by atoms with van der Waals surface area (Å²) in [5, 5.41) is 9.68. The number of carbonyl (C=O) groups excluding carboxylic acids is 1. The number of benzene rings is 2. The summed E-state index contributed by atoms with van der Waals surface area (Å²) < 4.78 is 13.6. The summed E-state index contributed by atoms with van der Waals surface area (Å²) in [6, 6.07) is 14.4. The Kier molecular flexibility index (Phi) is 5.05. The van der Waals surface area contributed by atoms with Gasteiger partial charge in [0, 0.05) is 17.6 Å². The largest absolute Gasteiger partial charge is 0.485 e. The zero-order valence-electron chi connectivity index (χ0n) is 14.5. The van der Waals surface area contributed by atoms with Gasteiger partial charge in [0.2, 0.25) is 0 Å². The van der Waals surface area contributed by atoms with Crippen molar-refractivity contribution >= 4 is 29.1 Å². The van der Waals surface area contributed by atoms with Gasteiger partial charge < -0.3 is 14.0 Å². The van der Waals surface area contributed by atoms with Crippen LogP contribution in [0.2, 0.25) is 5.02 Å². The van der Waals surface area contributed by atoms with E-state index in [0.717, 1.165) is 5.75 Å². The van der Waals surface area contributed by atoms with Gasteiger partial charge in [-0.2, -0.15) is 0 Å². The van der Waals surface area contributed by atoms with Crippen LogP contribution in [0.1, 0.15) is 22.3 Å². The van der Waals surface area contributed by atoms with Gasteiger partial charge >= 0.3 is 0 Å². The van der Waals surface area contributed by atoms with Gasteiger partial charge in [-0.05, 0) is 36.4 Å². The van der Waals surface area contributed by atoms with E-state index < -0.39 is 0 Å². The Balaban J connectivity index is 1.43. The summed E-state index contributed by atoms with van der Waals surface area (Å²) in [7, 11) is 1.86. The first-order valence-corrected chi connectivity index (χ1v) is 9.67. The molecule has 4 rings (SSSR count). The highest BCUT2D eigenvalue weighted by Gasteiger charge is 2.27. The molecule has 0 N–H and O–H groups in total. The maximum Gasteiger partial charge on any atom is 0.192 e. The highest BCUT2D eigenvalue weighted by Crippen LogP contribution is 2.35. The van der Waals surface area contributed by atoms with Gasteiger partial charge in [0.05, 0.1) is 5.75 Å². The Morgan fingerprint density at radius 2 is 1.93 bits per heavy atom. The second-order valence-corrected chi connectivity index (χ2v) is 7.36. The predicted octanol–water partition coefficient (Wildman–Crippen LogP) is 3.96. The fourth-order valence-corrected chi connectivity index (χ4v) is 3.67. The van der Waals surface area contributed by atoms with Gasteiger partial charge in [0.25, 0.3) is 0 Å². The molecule has 1 aliphatic heterocycles. The third-order valence-corrected chi connectivity index (χ3v) is 5.44. The number of hydrogen-bond acceptors (Lipinski definition) is 6. The number of thioether (sulfide) groups is 1. The molecule has 0 fully saturated rings. The number of Topliss-reactive ketones (excluding diaryl/α,β-unsaturated/α-hetero) is 1. The maximum atomic E-state index is 12.3. The van der Waals surface area contributed by atoms with Crippen molar-refractivity contribution in [1.29, 1.82) is 0 Å². The molecule has 0 spiro atoms. The molecule has 0 amide bonds. The van der Waals surface area contributed by atoms with Crippen LogP contribution in [0.3, 0.4) is 0 Å². The minimum absolute atomic E-state index is 0.00685. The third kappa shape index (κ3) is 3.79. The second-order valence-electron chi connectivity index (χ2n) is 5.98. The first kappa shape index (κ1) is 17.9. The van der Waals surface area contributed by atoms with Crippen LogP contribution in [-0.4, -0.2) is 32.9 Å². The summed E-state index contributed by atoms with van der Waals surface area (Å²) in [6.07, 6.45) is -0.348. The fraction of sp³-hybridized carbons (Fsp3) is 0.211. The normalized spacial score (nSPS) is 15.6. The van der Waals surface area contributed by atoms with Crippen LogP contribution in [0.4, 0.5) is 0 Å². The first-order chi connectivity index (χ1) is 13.1. The van der Waals surface area contributed by atoms with E-state index in [2.05, 4.69) is 10.2 Å². The lowest BCUT2D eigenvalue weighted by Crippen LogP contribution is -2.24. The summed E-state index contributed by atoms with van der Waals surface area (Å²) in [6.45, 7) is 0.358. The number of nitrogens with zero attached hydrogens (tertiary/aromatic N) is 3. The Morgan fingerprint density at radius 3 is 2.70 bits per heavy atom. The van der Waals surface area contributed by atoms with E-state index in [1.807, 2.05) is 35.9 Å². The quantitative estimate of drug-likeness (QED) is 0.476. The molecule has 1 aliphatic rings. The fourth-order valence-electron chi connectivity index (χ4n) is 2.73. The minimum Gasteiger partial charge on any atom is -0.485 e. The summed E-state index contributed by atoms with van der Waals surface area (Å²) in [5.74, 6) is 2.33. The highest BCUT2D eigenvalue weighted by atomic mass is 35.5. The van der Waals surface area contributed by atoms with E-state index >= 15 is 0 Å². The molecule has 0 bridgehead atoms. The summed E-state index contributed by atoms with van der Waals surface area (Å²) in [5.41, 5.74) is 0.620. The molecule has 1 aromatic heterocycles. The van der Waals surface area contributed by atoms with Gasteiger partial charge in [0.15, 0.2) is 34.4 Å². The average Bonchev–Trinajstić information content (AvgIpc) is 3.06. The van der Waals surface area contributed by atoms with Crippen LogP contribution in [0.15, 0.2) is 53.7 Å². The van der Waals surface area contributed by atoms with E-state index in [4.69, 9.17) is 21.1 Å². The van der Waals surface area contributed by atoms with E-state index in [0.29, 0.717) is 33.9 Å². The first-order valence-electron chi connectivity index (χ1n) is 8.31. The molecule has 0 radical (unpaired) electrons. The molecule has 0 unspecified atom stereocenters. The SMILES string of the molecule is Cn1c(SCC(=O)c2ccc(Cl)cc2)nnc1[C@H]1COc2ccccc2O1.